The van der Waals surface area contributed by atoms with E-state index in [-0.39, 0.29) is 11.5 Å². The summed E-state index contributed by atoms with van der Waals surface area (Å²) >= 11 is 5.50. The first-order chi connectivity index (χ1) is 7.14. The van der Waals surface area contributed by atoms with Gasteiger partial charge in [0, 0.05) is 5.88 Å². The predicted octanol–water partition coefficient (Wildman–Crippen LogP) is 2.62. The SMILES string of the molecule is O=S(=O)(CCCCCl)Cc1ccccc1. The summed E-state index contributed by atoms with van der Waals surface area (Å²) in [5.74, 6) is 0.894. The third kappa shape index (κ3) is 5.19. The lowest BCUT2D eigenvalue weighted by molar-refractivity contribution is 0.592. The highest BCUT2D eigenvalue weighted by molar-refractivity contribution is 7.90. The first kappa shape index (κ1) is 12.5. The van der Waals surface area contributed by atoms with E-state index in [4.69, 9.17) is 11.6 Å². The summed E-state index contributed by atoms with van der Waals surface area (Å²) in [6.45, 7) is 0. The van der Waals surface area contributed by atoms with Crippen molar-refractivity contribution in [3.63, 3.8) is 0 Å². The lowest BCUT2D eigenvalue weighted by Gasteiger charge is -2.03. The van der Waals surface area contributed by atoms with Gasteiger partial charge in [0.05, 0.1) is 11.5 Å². The van der Waals surface area contributed by atoms with Gasteiger partial charge in [-0.2, -0.15) is 0 Å². The molecule has 1 aromatic carbocycles. The van der Waals surface area contributed by atoms with E-state index in [1.165, 1.54) is 0 Å². The minimum absolute atomic E-state index is 0.135. The Morgan fingerprint density at radius 3 is 2.33 bits per heavy atom. The van der Waals surface area contributed by atoms with E-state index in [2.05, 4.69) is 0 Å². The second-order valence-electron chi connectivity index (χ2n) is 3.47. The largest absolute Gasteiger partial charge is 0.228 e. The summed E-state index contributed by atoms with van der Waals surface area (Å²) in [6.07, 6.45) is 1.41. The van der Waals surface area contributed by atoms with Crippen LogP contribution >= 0.6 is 11.6 Å². The summed E-state index contributed by atoms with van der Waals surface area (Å²) in [5.41, 5.74) is 0.850. The fourth-order valence-corrected chi connectivity index (χ4v) is 2.99. The van der Waals surface area contributed by atoms with E-state index < -0.39 is 9.84 Å². The molecule has 0 aliphatic heterocycles. The van der Waals surface area contributed by atoms with E-state index in [1.807, 2.05) is 30.3 Å². The monoisotopic (exact) mass is 246 g/mol. The maximum atomic E-state index is 11.6. The van der Waals surface area contributed by atoms with Gasteiger partial charge in [-0.25, -0.2) is 8.42 Å². The van der Waals surface area contributed by atoms with Gasteiger partial charge in [-0.1, -0.05) is 30.3 Å². The third-order valence-corrected chi connectivity index (χ3v) is 4.02. The van der Waals surface area contributed by atoms with Crippen molar-refractivity contribution in [2.24, 2.45) is 0 Å². The van der Waals surface area contributed by atoms with Crippen LogP contribution in [0, 0.1) is 0 Å². The Morgan fingerprint density at radius 2 is 1.73 bits per heavy atom. The molecule has 0 aliphatic carbocycles. The van der Waals surface area contributed by atoms with Crippen molar-refractivity contribution in [2.75, 3.05) is 11.6 Å². The molecule has 0 aliphatic rings. The van der Waals surface area contributed by atoms with Gasteiger partial charge in [0.15, 0.2) is 9.84 Å². The fraction of sp³-hybridized carbons (Fsp3) is 0.455. The van der Waals surface area contributed by atoms with Crippen molar-refractivity contribution in [3.05, 3.63) is 35.9 Å². The number of rotatable bonds is 6. The summed E-state index contributed by atoms with van der Waals surface area (Å²) in [4.78, 5) is 0. The molecule has 0 heterocycles. The highest BCUT2D eigenvalue weighted by atomic mass is 35.5. The highest BCUT2D eigenvalue weighted by Crippen LogP contribution is 2.08. The molecule has 0 atom stereocenters. The van der Waals surface area contributed by atoms with E-state index in [0.717, 1.165) is 12.0 Å². The average molecular weight is 247 g/mol. The maximum absolute atomic E-state index is 11.6. The lowest BCUT2D eigenvalue weighted by Crippen LogP contribution is -2.09. The van der Waals surface area contributed by atoms with Crippen molar-refractivity contribution >= 4 is 21.4 Å². The Balaban J connectivity index is 2.50. The number of halogens is 1. The topological polar surface area (TPSA) is 34.1 Å². The van der Waals surface area contributed by atoms with Crippen molar-refractivity contribution in [1.29, 1.82) is 0 Å². The molecule has 84 valence electrons. The Morgan fingerprint density at radius 1 is 1.07 bits per heavy atom. The van der Waals surface area contributed by atoms with Gasteiger partial charge in [-0.3, -0.25) is 0 Å². The predicted molar refractivity (Wildman–Crippen MR) is 63.9 cm³/mol. The molecule has 0 saturated carbocycles. The van der Waals surface area contributed by atoms with Gasteiger partial charge in [0.25, 0.3) is 0 Å². The molecule has 0 bridgehead atoms. The minimum Gasteiger partial charge on any atom is -0.228 e. The second-order valence-corrected chi connectivity index (χ2v) is 6.04. The number of unbranched alkanes of at least 4 members (excludes halogenated alkanes) is 1. The van der Waals surface area contributed by atoms with Crippen LogP contribution < -0.4 is 0 Å². The van der Waals surface area contributed by atoms with Gasteiger partial charge in [0.2, 0.25) is 0 Å². The number of alkyl halides is 1. The molecule has 0 amide bonds. The molecule has 4 heteroatoms. The van der Waals surface area contributed by atoms with Crippen LogP contribution in [-0.4, -0.2) is 20.1 Å². The Labute approximate surface area is 96.2 Å². The molecule has 0 aromatic heterocycles. The zero-order valence-electron chi connectivity index (χ0n) is 8.52. The Bertz CT molecular complexity index is 373. The van der Waals surface area contributed by atoms with E-state index in [9.17, 15) is 8.42 Å². The fourth-order valence-electron chi connectivity index (χ4n) is 1.32. The average Bonchev–Trinajstić information content (AvgIpc) is 2.18. The van der Waals surface area contributed by atoms with E-state index in [0.29, 0.717) is 12.3 Å². The van der Waals surface area contributed by atoms with Gasteiger partial charge in [0.1, 0.15) is 0 Å². The molecule has 0 radical (unpaired) electrons. The lowest BCUT2D eigenvalue weighted by atomic mass is 10.2. The standard InChI is InChI=1S/C11H15ClO2S/c12-8-4-5-9-15(13,14)10-11-6-2-1-3-7-11/h1-3,6-7H,4-5,8-10H2. The van der Waals surface area contributed by atoms with Gasteiger partial charge >= 0.3 is 0 Å². The summed E-state index contributed by atoms with van der Waals surface area (Å²) in [7, 11) is -2.97. The quantitative estimate of drug-likeness (QED) is 0.571. The van der Waals surface area contributed by atoms with Crippen molar-refractivity contribution in [2.45, 2.75) is 18.6 Å². The molecule has 15 heavy (non-hydrogen) atoms. The van der Waals surface area contributed by atoms with Crippen LogP contribution in [0.4, 0.5) is 0 Å². The van der Waals surface area contributed by atoms with Crippen LogP contribution in [0.2, 0.25) is 0 Å². The molecule has 0 unspecified atom stereocenters. The van der Waals surface area contributed by atoms with Crippen LogP contribution in [0.3, 0.4) is 0 Å². The van der Waals surface area contributed by atoms with Crippen LogP contribution in [0.15, 0.2) is 30.3 Å². The minimum atomic E-state index is -2.97. The number of hydrogen-bond acceptors (Lipinski definition) is 2. The van der Waals surface area contributed by atoms with Crippen LogP contribution in [0.5, 0.6) is 0 Å². The van der Waals surface area contributed by atoms with Crippen LogP contribution in [0.25, 0.3) is 0 Å². The van der Waals surface area contributed by atoms with Crippen molar-refractivity contribution in [3.8, 4) is 0 Å². The molecule has 0 fully saturated rings. The van der Waals surface area contributed by atoms with Crippen LogP contribution in [-0.2, 0) is 15.6 Å². The second kappa shape index (κ2) is 6.13. The summed E-state index contributed by atoms with van der Waals surface area (Å²) in [5, 5.41) is 0. The molecule has 1 rings (SSSR count). The molecular weight excluding hydrogens is 232 g/mol. The normalized spacial score (nSPS) is 11.5. The van der Waals surface area contributed by atoms with Gasteiger partial charge in [-0.05, 0) is 18.4 Å². The maximum Gasteiger partial charge on any atom is 0.154 e. The molecule has 2 nitrogen and oxygen atoms in total. The molecule has 1 aromatic rings. The number of sulfone groups is 1. The number of benzene rings is 1. The smallest absolute Gasteiger partial charge is 0.154 e. The van der Waals surface area contributed by atoms with E-state index >= 15 is 0 Å². The Kier molecular flexibility index (Phi) is 5.12. The zero-order valence-corrected chi connectivity index (χ0v) is 10.1. The first-order valence-corrected chi connectivity index (χ1v) is 7.30. The van der Waals surface area contributed by atoms with E-state index in [1.54, 1.807) is 0 Å². The third-order valence-electron chi connectivity index (χ3n) is 2.07. The zero-order chi connectivity index (χ0) is 11.1. The molecule has 0 spiro atoms. The number of hydrogen-bond donors (Lipinski definition) is 0. The first-order valence-electron chi connectivity index (χ1n) is 4.94. The molecule has 0 N–H and O–H groups in total. The molecule has 0 saturated heterocycles. The van der Waals surface area contributed by atoms with Crippen molar-refractivity contribution < 1.29 is 8.42 Å². The van der Waals surface area contributed by atoms with Crippen LogP contribution in [0.1, 0.15) is 18.4 Å². The summed E-state index contributed by atoms with van der Waals surface area (Å²) in [6, 6.07) is 9.25. The van der Waals surface area contributed by atoms with Crippen molar-refractivity contribution in [1.82, 2.24) is 0 Å². The van der Waals surface area contributed by atoms with Gasteiger partial charge < -0.3 is 0 Å². The summed E-state index contributed by atoms with van der Waals surface area (Å²) < 4.78 is 23.3. The Hall–Kier alpha value is -0.540. The molecular formula is C11H15ClO2S. The van der Waals surface area contributed by atoms with Gasteiger partial charge in [-0.15, -0.1) is 11.6 Å². The highest BCUT2D eigenvalue weighted by Gasteiger charge is 2.10.